The van der Waals surface area contributed by atoms with Crippen LogP contribution in [-0.2, 0) is 30.4 Å². The van der Waals surface area contributed by atoms with E-state index in [4.69, 9.17) is 5.73 Å². The first-order chi connectivity index (χ1) is 17.4. The number of aliphatic hydroxyl groups is 1. The van der Waals surface area contributed by atoms with Crippen LogP contribution in [0.15, 0.2) is 30.5 Å². The molecule has 37 heavy (non-hydrogen) atoms. The van der Waals surface area contributed by atoms with Crippen molar-refractivity contribution in [3.8, 4) is 0 Å². The average Bonchev–Trinajstić information content (AvgIpc) is 3.23. The molecular formula is C24H33N5O8. The van der Waals surface area contributed by atoms with E-state index in [-0.39, 0.29) is 12.3 Å². The molecule has 0 aliphatic carbocycles. The van der Waals surface area contributed by atoms with Gasteiger partial charge in [0.2, 0.25) is 17.7 Å². The summed E-state index contributed by atoms with van der Waals surface area (Å²) in [5.41, 5.74) is 7.23. The number of aromatic nitrogens is 1. The number of carboxylic acids is 2. The summed E-state index contributed by atoms with van der Waals surface area (Å²) in [5.74, 6) is -5.39. The fourth-order valence-electron chi connectivity index (χ4n) is 3.74. The summed E-state index contributed by atoms with van der Waals surface area (Å²) < 4.78 is 0. The van der Waals surface area contributed by atoms with Crippen molar-refractivity contribution in [2.24, 2.45) is 11.7 Å². The fraction of sp³-hybridized carbons (Fsp3) is 0.458. The molecule has 13 nitrogen and oxygen atoms in total. The number of aliphatic hydroxyl groups excluding tert-OH is 1. The molecule has 2 rings (SSSR count). The number of rotatable bonds is 14. The van der Waals surface area contributed by atoms with E-state index in [0.717, 1.165) is 10.9 Å². The summed E-state index contributed by atoms with van der Waals surface area (Å²) in [4.78, 5) is 64.2. The molecule has 9 N–H and O–H groups in total. The minimum atomic E-state index is -1.63. The Morgan fingerprint density at radius 2 is 1.51 bits per heavy atom. The molecule has 202 valence electrons. The van der Waals surface area contributed by atoms with Gasteiger partial charge >= 0.3 is 11.9 Å². The van der Waals surface area contributed by atoms with Crippen molar-refractivity contribution in [1.29, 1.82) is 0 Å². The number of carboxylic acid groups (broad SMARTS) is 2. The maximum absolute atomic E-state index is 13.1. The van der Waals surface area contributed by atoms with Crippen LogP contribution in [0.2, 0.25) is 0 Å². The smallest absolute Gasteiger partial charge is 0.328 e. The molecule has 0 spiro atoms. The number of hydrogen-bond acceptors (Lipinski definition) is 7. The normalized spacial score (nSPS) is 14.4. The number of nitrogens with one attached hydrogen (secondary N) is 4. The van der Waals surface area contributed by atoms with E-state index in [2.05, 4.69) is 20.9 Å². The first kappa shape index (κ1) is 29.3. The number of carbonyl (C=O) groups excluding carboxylic acids is 3. The second-order valence-corrected chi connectivity index (χ2v) is 9.10. The number of aliphatic carboxylic acids is 2. The average molecular weight is 520 g/mol. The number of amides is 3. The van der Waals surface area contributed by atoms with Gasteiger partial charge in [0.15, 0.2) is 0 Å². The fourth-order valence-corrected chi connectivity index (χ4v) is 3.74. The van der Waals surface area contributed by atoms with E-state index >= 15 is 0 Å². The van der Waals surface area contributed by atoms with Gasteiger partial charge in [0.1, 0.15) is 18.1 Å². The van der Waals surface area contributed by atoms with Crippen molar-refractivity contribution in [3.63, 3.8) is 0 Å². The van der Waals surface area contributed by atoms with Crippen molar-refractivity contribution in [2.45, 2.75) is 57.3 Å². The molecule has 0 saturated carbocycles. The van der Waals surface area contributed by atoms with Crippen molar-refractivity contribution < 1.29 is 39.3 Å². The number of aromatic amines is 1. The molecule has 1 heterocycles. The van der Waals surface area contributed by atoms with E-state index < -0.39 is 66.9 Å². The monoisotopic (exact) mass is 519 g/mol. The first-order valence-electron chi connectivity index (χ1n) is 11.7. The van der Waals surface area contributed by atoms with Crippen molar-refractivity contribution >= 4 is 40.6 Å². The van der Waals surface area contributed by atoms with Crippen LogP contribution in [0.3, 0.4) is 0 Å². The summed E-state index contributed by atoms with van der Waals surface area (Å²) >= 11 is 0. The maximum atomic E-state index is 13.1. The molecule has 2 aromatic rings. The molecule has 0 bridgehead atoms. The lowest BCUT2D eigenvalue weighted by molar-refractivity contribution is -0.144. The molecular weight excluding hydrogens is 486 g/mol. The summed E-state index contributed by atoms with van der Waals surface area (Å²) in [5, 5.41) is 35.4. The third-order valence-corrected chi connectivity index (χ3v) is 5.60. The summed E-state index contributed by atoms with van der Waals surface area (Å²) in [6, 6.07) is 1.66. The number of nitrogens with two attached hydrogens (primary N) is 1. The molecule has 4 unspecified atom stereocenters. The number of H-pyrrole nitrogens is 1. The molecule has 0 radical (unpaired) electrons. The standard InChI is InChI=1S/C24H33N5O8/c1-12(2)7-15(25)21(33)27-18(9-20(31)32)23(35)28-17(22(34)29-19(11-30)24(36)37)8-13-10-26-16-6-4-3-5-14(13)16/h3-6,10,12,15,17-19,26,30H,7-9,11,25H2,1-2H3,(H,27,33)(H,28,35)(H,29,34)(H,31,32)(H,36,37). The predicted molar refractivity (Wildman–Crippen MR) is 132 cm³/mol. The highest BCUT2D eigenvalue weighted by Crippen LogP contribution is 2.19. The first-order valence-corrected chi connectivity index (χ1v) is 11.7. The largest absolute Gasteiger partial charge is 0.481 e. The molecule has 0 fully saturated rings. The number of hydrogen-bond donors (Lipinski definition) is 8. The second kappa shape index (κ2) is 13.4. The van der Waals surface area contributed by atoms with Crippen LogP contribution >= 0.6 is 0 Å². The van der Waals surface area contributed by atoms with Gasteiger partial charge in [-0.05, 0) is 24.0 Å². The number of benzene rings is 1. The van der Waals surface area contributed by atoms with E-state index in [0.29, 0.717) is 12.0 Å². The quantitative estimate of drug-likeness (QED) is 0.154. The van der Waals surface area contributed by atoms with Crippen LogP contribution in [0, 0.1) is 5.92 Å². The maximum Gasteiger partial charge on any atom is 0.328 e. The highest BCUT2D eigenvalue weighted by atomic mass is 16.4. The molecule has 13 heteroatoms. The molecule has 0 aliphatic heterocycles. The number of fused-ring (bicyclic) bond motifs is 1. The van der Waals surface area contributed by atoms with Gasteiger partial charge in [-0.3, -0.25) is 19.2 Å². The third-order valence-electron chi connectivity index (χ3n) is 5.60. The Morgan fingerprint density at radius 1 is 0.919 bits per heavy atom. The Morgan fingerprint density at radius 3 is 2.11 bits per heavy atom. The molecule has 1 aromatic heterocycles. The van der Waals surface area contributed by atoms with E-state index in [1.165, 1.54) is 0 Å². The summed E-state index contributed by atoms with van der Waals surface area (Å²) in [6.07, 6.45) is 1.05. The topological polar surface area (TPSA) is 224 Å². The van der Waals surface area contributed by atoms with Crippen molar-refractivity contribution in [1.82, 2.24) is 20.9 Å². The van der Waals surface area contributed by atoms with Crippen LogP contribution < -0.4 is 21.7 Å². The minimum Gasteiger partial charge on any atom is -0.481 e. The van der Waals surface area contributed by atoms with Gasteiger partial charge in [-0.25, -0.2) is 4.79 Å². The Bertz CT molecular complexity index is 1130. The van der Waals surface area contributed by atoms with E-state index in [1.807, 2.05) is 13.8 Å². The van der Waals surface area contributed by atoms with Crippen molar-refractivity contribution in [3.05, 3.63) is 36.0 Å². The minimum absolute atomic E-state index is 0.0745. The zero-order valence-corrected chi connectivity index (χ0v) is 20.6. The van der Waals surface area contributed by atoms with Crippen LogP contribution in [-0.4, -0.2) is 80.7 Å². The Labute approximate surface area is 212 Å². The van der Waals surface area contributed by atoms with Crippen LogP contribution in [0.1, 0.15) is 32.3 Å². The lowest BCUT2D eigenvalue weighted by atomic mass is 10.0. The predicted octanol–water partition coefficient (Wildman–Crippen LogP) is -0.910. The zero-order chi connectivity index (χ0) is 27.7. The molecule has 4 atom stereocenters. The highest BCUT2D eigenvalue weighted by molar-refractivity contribution is 5.96. The van der Waals surface area contributed by atoms with Crippen LogP contribution in [0.25, 0.3) is 10.9 Å². The molecule has 0 aliphatic rings. The Hall–Kier alpha value is -3.97. The van der Waals surface area contributed by atoms with Crippen LogP contribution in [0.5, 0.6) is 0 Å². The Kier molecular flexibility index (Phi) is 10.6. The van der Waals surface area contributed by atoms with Gasteiger partial charge in [-0.1, -0.05) is 32.0 Å². The number of para-hydroxylation sites is 1. The van der Waals surface area contributed by atoms with Gasteiger partial charge in [-0.2, -0.15) is 0 Å². The lowest BCUT2D eigenvalue weighted by Gasteiger charge is -2.24. The highest BCUT2D eigenvalue weighted by Gasteiger charge is 2.32. The van der Waals surface area contributed by atoms with E-state index in [1.54, 1.807) is 30.5 Å². The number of carbonyl (C=O) groups is 5. The Balaban J connectivity index is 2.30. The van der Waals surface area contributed by atoms with Gasteiger partial charge in [-0.15, -0.1) is 0 Å². The zero-order valence-electron chi connectivity index (χ0n) is 20.6. The second-order valence-electron chi connectivity index (χ2n) is 9.10. The van der Waals surface area contributed by atoms with Gasteiger partial charge in [0.05, 0.1) is 19.1 Å². The SMILES string of the molecule is CC(C)CC(N)C(=O)NC(CC(=O)O)C(=O)NC(Cc1c[nH]c2ccccc12)C(=O)NC(CO)C(=O)O. The third kappa shape index (κ3) is 8.58. The van der Waals surface area contributed by atoms with Gasteiger partial charge < -0.3 is 42.0 Å². The van der Waals surface area contributed by atoms with Gasteiger partial charge in [0.25, 0.3) is 0 Å². The van der Waals surface area contributed by atoms with E-state index in [9.17, 15) is 39.3 Å². The molecule has 1 aromatic carbocycles. The summed E-state index contributed by atoms with van der Waals surface area (Å²) in [6.45, 7) is 2.80. The lowest BCUT2D eigenvalue weighted by Crippen LogP contribution is -2.58. The molecule has 0 saturated heterocycles. The van der Waals surface area contributed by atoms with Crippen molar-refractivity contribution in [2.75, 3.05) is 6.61 Å². The summed E-state index contributed by atoms with van der Waals surface area (Å²) in [7, 11) is 0. The van der Waals surface area contributed by atoms with Crippen LogP contribution in [0.4, 0.5) is 0 Å². The van der Waals surface area contributed by atoms with Gasteiger partial charge in [0, 0.05) is 23.5 Å². The molecule has 3 amide bonds.